The van der Waals surface area contributed by atoms with Crippen LogP contribution in [0.2, 0.25) is 8.26 Å². The van der Waals surface area contributed by atoms with Crippen LogP contribution in [0, 0.1) is 27.7 Å². The van der Waals surface area contributed by atoms with Crippen molar-refractivity contribution >= 4 is 12.2 Å². The number of benzene rings is 4. The molecule has 2 unspecified atom stereocenters. The largest absolute Gasteiger partial charge is 0.872 e. The zero-order valence-electron chi connectivity index (χ0n) is 23.3. The first-order valence-electron chi connectivity index (χ1n) is 13.8. The van der Waals surface area contributed by atoms with E-state index >= 15 is 0 Å². The Balaban J connectivity index is 0.000000143. The molecule has 0 N–H and O–H groups in total. The summed E-state index contributed by atoms with van der Waals surface area (Å²) in [6, 6.07) is 28.8. The maximum atomic E-state index is 10.8. The van der Waals surface area contributed by atoms with Crippen molar-refractivity contribution in [2.75, 3.05) is 0 Å². The quantitative estimate of drug-likeness (QED) is 0.235. The van der Waals surface area contributed by atoms with E-state index in [9.17, 15) is 10.2 Å². The summed E-state index contributed by atoms with van der Waals surface area (Å²) in [5.74, 6) is 0.251. The van der Waals surface area contributed by atoms with E-state index in [4.69, 9.17) is 0 Å². The molecule has 0 spiro atoms. The van der Waals surface area contributed by atoms with Gasteiger partial charge in [-0.05, 0) is 27.7 Å². The maximum Gasteiger partial charge on any atom is -0.0398 e. The minimum Gasteiger partial charge on any atom is -0.872 e. The third-order valence-electron chi connectivity index (χ3n) is 8.33. The van der Waals surface area contributed by atoms with Crippen molar-refractivity contribution in [1.29, 1.82) is 0 Å². The monoisotopic (exact) mass is 590 g/mol. The van der Waals surface area contributed by atoms with E-state index in [-0.39, 0.29) is 11.5 Å². The Morgan fingerprint density at radius 1 is 0.564 bits per heavy atom. The topological polar surface area (TPSA) is 46.1 Å². The second kappa shape index (κ2) is 11.5. The SMILES string of the molecule is C1=C[CH]([Zr+2]2([CH]3C=Cc4ccccc43)[CH2][CH2]2)c2ccccc21.Cc1ccc([O-])c(C)c1.Cc1ccc([O-])c(C)c1. The molecule has 3 heteroatoms. The van der Waals surface area contributed by atoms with Crippen molar-refractivity contribution in [3.05, 3.63) is 142 Å². The first-order chi connectivity index (χ1) is 18.8. The fourth-order valence-electron chi connectivity index (χ4n) is 6.06. The van der Waals surface area contributed by atoms with Gasteiger partial charge in [0.05, 0.1) is 0 Å². The van der Waals surface area contributed by atoms with Crippen molar-refractivity contribution in [3.8, 4) is 11.5 Å². The molecule has 1 fully saturated rings. The summed E-state index contributed by atoms with van der Waals surface area (Å²) in [7, 11) is 0. The first kappa shape index (κ1) is 27.4. The van der Waals surface area contributed by atoms with E-state index in [1.165, 1.54) is 11.1 Å². The summed E-state index contributed by atoms with van der Waals surface area (Å²) in [5.41, 5.74) is 10.2. The second-order valence-corrected chi connectivity index (χ2v) is 22.8. The van der Waals surface area contributed by atoms with E-state index < -0.39 is 20.3 Å². The van der Waals surface area contributed by atoms with Crippen LogP contribution in [0.1, 0.15) is 51.8 Å². The maximum absolute atomic E-state index is 10.8. The zero-order chi connectivity index (χ0) is 27.6. The molecule has 196 valence electrons. The van der Waals surface area contributed by atoms with Gasteiger partial charge in [0.15, 0.2) is 0 Å². The normalized spacial score (nSPS) is 17.9. The van der Waals surface area contributed by atoms with Gasteiger partial charge in [0.25, 0.3) is 0 Å². The van der Waals surface area contributed by atoms with Gasteiger partial charge < -0.3 is 10.2 Å². The molecule has 0 radical (unpaired) electrons. The van der Waals surface area contributed by atoms with Crippen molar-refractivity contribution in [1.82, 2.24) is 0 Å². The van der Waals surface area contributed by atoms with E-state index in [2.05, 4.69) is 72.8 Å². The molecule has 0 saturated carbocycles. The van der Waals surface area contributed by atoms with Gasteiger partial charge in [-0.3, -0.25) is 0 Å². The van der Waals surface area contributed by atoms with Crippen LogP contribution in [0.15, 0.2) is 97.1 Å². The van der Waals surface area contributed by atoms with Crippen molar-refractivity contribution < 1.29 is 30.5 Å². The minimum absolute atomic E-state index is 0.126. The predicted octanol–water partition coefficient (Wildman–Crippen LogP) is 8.28. The minimum atomic E-state index is -2.13. The van der Waals surface area contributed by atoms with Gasteiger partial charge in [-0.2, -0.15) is 0 Å². The zero-order valence-corrected chi connectivity index (χ0v) is 25.7. The van der Waals surface area contributed by atoms with Crippen LogP contribution in [0.4, 0.5) is 0 Å². The molecule has 2 nitrogen and oxygen atoms in total. The van der Waals surface area contributed by atoms with E-state index in [0.29, 0.717) is 0 Å². The molecule has 1 saturated heterocycles. The van der Waals surface area contributed by atoms with E-state index in [1.54, 1.807) is 31.5 Å². The number of hydrogen-bond acceptors (Lipinski definition) is 2. The molecular weight excluding hydrogens is 556 g/mol. The van der Waals surface area contributed by atoms with Crippen LogP contribution < -0.4 is 10.2 Å². The molecule has 7 rings (SSSR count). The third kappa shape index (κ3) is 5.90. The summed E-state index contributed by atoms with van der Waals surface area (Å²) in [4.78, 5) is 0. The van der Waals surface area contributed by atoms with E-state index in [1.807, 2.05) is 52.0 Å². The summed E-state index contributed by atoms with van der Waals surface area (Å²) in [6.45, 7) is 7.61. The van der Waals surface area contributed by atoms with Crippen molar-refractivity contribution in [2.24, 2.45) is 0 Å². The Morgan fingerprint density at radius 2 is 0.974 bits per heavy atom. The van der Waals surface area contributed by atoms with Crippen LogP contribution in [-0.4, -0.2) is 0 Å². The van der Waals surface area contributed by atoms with Gasteiger partial charge in [0.2, 0.25) is 0 Å². The van der Waals surface area contributed by atoms with Gasteiger partial charge in [-0.15, -0.1) is 11.5 Å². The number of fused-ring (bicyclic) bond motifs is 2. The standard InChI is InChI=1S/2C9H7.2C8H10O.C2H4.Zr/c2*1-2-5-9-7-3-6-8(9)4-1;2*1-6-3-4-8(9)7(2)5-6;1-2;/h2*1-7H;2*3-5,9H,1-2H3;1-2H2;/q;;;;;+2/p-2. The average Bonchev–Trinajstić information content (AvgIpc) is 3.41. The Bertz CT molecular complexity index is 1430. The van der Waals surface area contributed by atoms with Gasteiger partial charge in [-0.1, -0.05) is 58.7 Å². The van der Waals surface area contributed by atoms with Crippen molar-refractivity contribution in [2.45, 2.75) is 43.2 Å². The van der Waals surface area contributed by atoms with Gasteiger partial charge in [0.1, 0.15) is 0 Å². The second-order valence-electron chi connectivity index (χ2n) is 11.2. The Morgan fingerprint density at radius 3 is 1.33 bits per heavy atom. The number of allylic oxidation sites excluding steroid dienone is 2. The fraction of sp³-hybridized carbons (Fsp3) is 0.222. The Labute approximate surface area is 237 Å². The van der Waals surface area contributed by atoms with Crippen molar-refractivity contribution in [3.63, 3.8) is 0 Å². The number of aryl methyl sites for hydroxylation is 4. The summed E-state index contributed by atoms with van der Waals surface area (Å²) < 4.78 is 4.72. The smallest absolute Gasteiger partial charge is 0.0398 e. The molecule has 0 aromatic heterocycles. The average molecular weight is 592 g/mol. The van der Waals surface area contributed by atoms with E-state index in [0.717, 1.165) is 29.5 Å². The van der Waals surface area contributed by atoms with Crippen LogP contribution in [0.3, 0.4) is 0 Å². The molecule has 39 heavy (non-hydrogen) atoms. The molecule has 1 heterocycles. The third-order valence-corrected chi connectivity index (χ3v) is 21.0. The molecule has 0 bridgehead atoms. The number of rotatable bonds is 2. The van der Waals surface area contributed by atoms with Crippen LogP contribution in [-0.2, 0) is 20.3 Å². The number of hydrogen-bond donors (Lipinski definition) is 0. The predicted molar refractivity (Wildman–Crippen MR) is 157 cm³/mol. The molecule has 2 aliphatic carbocycles. The molecule has 3 aliphatic rings. The van der Waals surface area contributed by atoms with Gasteiger partial charge in [-0.25, -0.2) is 0 Å². The first-order valence-corrected chi connectivity index (χ1v) is 20.1. The summed E-state index contributed by atoms with van der Waals surface area (Å²) in [6.07, 6.45) is 9.84. The molecule has 1 aliphatic heterocycles. The molecular formula is C36H36O2Zr. The van der Waals surface area contributed by atoms with Crippen LogP contribution in [0.5, 0.6) is 11.5 Å². The summed E-state index contributed by atoms with van der Waals surface area (Å²) in [5, 5.41) is 21.5. The molecule has 4 aromatic rings. The van der Waals surface area contributed by atoms with Crippen LogP contribution >= 0.6 is 0 Å². The molecule has 0 amide bonds. The van der Waals surface area contributed by atoms with Gasteiger partial charge >= 0.3 is 131 Å². The Kier molecular flexibility index (Phi) is 8.10. The van der Waals surface area contributed by atoms with Crippen LogP contribution in [0.25, 0.3) is 12.2 Å². The summed E-state index contributed by atoms with van der Waals surface area (Å²) >= 11 is -2.13. The molecule has 4 aromatic carbocycles. The fourth-order valence-corrected chi connectivity index (χ4v) is 21.7. The molecule has 2 atom stereocenters. The Hall–Kier alpha value is -3.16. The van der Waals surface area contributed by atoms with Gasteiger partial charge in [0, 0.05) is 0 Å².